The lowest BCUT2D eigenvalue weighted by Gasteiger charge is -2.13. The van der Waals surface area contributed by atoms with Gasteiger partial charge in [0.25, 0.3) is 0 Å². The van der Waals surface area contributed by atoms with Crippen molar-refractivity contribution in [3.63, 3.8) is 0 Å². The molecule has 0 fully saturated rings. The van der Waals surface area contributed by atoms with Gasteiger partial charge in [-0.15, -0.1) is 4.94 Å². The van der Waals surface area contributed by atoms with E-state index in [0.29, 0.717) is 0 Å². The lowest BCUT2D eigenvalue weighted by Crippen LogP contribution is -2.38. The van der Waals surface area contributed by atoms with Gasteiger partial charge in [-0.2, -0.15) is 4.39 Å². The molecule has 11 heavy (non-hydrogen) atoms. The Labute approximate surface area is 61.0 Å². The molecule has 0 spiro atoms. The number of carbonyl (C=O) groups is 1. The van der Waals surface area contributed by atoms with Gasteiger partial charge in [-0.1, -0.05) is 0 Å². The van der Waals surface area contributed by atoms with E-state index in [1.54, 1.807) is 0 Å². The number of esters is 1. The van der Waals surface area contributed by atoms with E-state index in [9.17, 15) is 18.1 Å². The van der Waals surface area contributed by atoms with Crippen molar-refractivity contribution in [2.45, 2.75) is 12.8 Å². The average Bonchev–Trinajstić information content (AvgIpc) is 2.03. The number of hydrogen-bond acceptors (Lipinski definition) is 3. The van der Waals surface area contributed by atoms with Gasteiger partial charge in [-0.3, -0.25) is 0 Å². The standard InChI is InChI=1S/C5H7F3O3/c1-2-10-4(9)5(7,3-6)11-8/h2-3H2,1H3. The van der Waals surface area contributed by atoms with Gasteiger partial charge >= 0.3 is 11.8 Å². The van der Waals surface area contributed by atoms with Crippen molar-refractivity contribution in [1.82, 2.24) is 0 Å². The highest BCUT2D eigenvalue weighted by molar-refractivity contribution is 5.77. The van der Waals surface area contributed by atoms with E-state index in [4.69, 9.17) is 0 Å². The molecule has 0 amide bonds. The van der Waals surface area contributed by atoms with Crippen LogP contribution in [0.3, 0.4) is 0 Å². The minimum absolute atomic E-state index is 0.173. The first-order valence-electron chi connectivity index (χ1n) is 2.82. The Kier molecular flexibility index (Phi) is 3.88. The lowest BCUT2D eigenvalue weighted by molar-refractivity contribution is -0.294. The minimum atomic E-state index is -3.60. The second-order valence-electron chi connectivity index (χ2n) is 1.66. The zero-order chi connectivity index (χ0) is 8.91. The first-order valence-corrected chi connectivity index (χ1v) is 2.82. The van der Waals surface area contributed by atoms with Crippen molar-refractivity contribution in [2.75, 3.05) is 13.3 Å². The molecular weight excluding hydrogens is 165 g/mol. The minimum Gasteiger partial charge on any atom is -0.462 e. The molecule has 0 bridgehead atoms. The fraction of sp³-hybridized carbons (Fsp3) is 0.800. The predicted octanol–water partition coefficient (Wildman–Crippen LogP) is 1.09. The summed E-state index contributed by atoms with van der Waals surface area (Å²) in [6, 6.07) is 0. The Morgan fingerprint density at radius 1 is 1.64 bits per heavy atom. The number of alkyl halides is 2. The molecule has 0 aliphatic rings. The van der Waals surface area contributed by atoms with Crippen LogP contribution in [0.5, 0.6) is 0 Å². The van der Waals surface area contributed by atoms with E-state index in [-0.39, 0.29) is 6.61 Å². The molecule has 0 rings (SSSR count). The van der Waals surface area contributed by atoms with Crippen molar-refractivity contribution in [1.29, 1.82) is 0 Å². The van der Waals surface area contributed by atoms with Crippen LogP contribution in [0.4, 0.5) is 13.3 Å². The van der Waals surface area contributed by atoms with E-state index in [0.717, 1.165) is 0 Å². The molecule has 0 aliphatic heterocycles. The molecule has 0 saturated carbocycles. The monoisotopic (exact) mass is 172 g/mol. The highest BCUT2D eigenvalue weighted by Gasteiger charge is 2.43. The van der Waals surface area contributed by atoms with E-state index in [2.05, 4.69) is 9.68 Å². The summed E-state index contributed by atoms with van der Waals surface area (Å²) in [5.74, 6) is -5.30. The quantitative estimate of drug-likeness (QED) is 0.595. The summed E-state index contributed by atoms with van der Waals surface area (Å²) in [5, 5.41) is 0. The molecule has 0 aromatic rings. The van der Waals surface area contributed by atoms with Gasteiger partial charge in [-0.25, -0.2) is 9.18 Å². The molecule has 1 unspecified atom stereocenters. The molecule has 0 aromatic heterocycles. The molecule has 0 radical (unpaired) electrons. The summed E-state index contributed by atoms with van der Waals surface area (Å²) in [6.45, 7) is -0.717. The molecule has 0 saturated heterocycles. The average molecular weight is 172 g/mol. The van der Waals surface area contributed by atoms with Crippen molar-refractivity contribution in [3.8, 4) is 0 Å². The van der Waals surface area contributed by atoms with Gasteiger partial charge in [0, 0.05) is 0 Å². The number of halogens is 3. The van der Waals surface area contributed by atoms with E-state index >= 15 is 0 Å². The van der Waals surface area contributed by atoms with Crippen molar-refractivity contribution < 1.29 is 27.8 Å². The van der Waals surface area contributed by atoms with Crippen LogP contribution in [0, 0.1) is 0 Å². The fourth-order valence-corrected chi connectivity index (χ4v) is 0.346. The second-order valence-corrected chi connectivity index (χ2v) is 1.66. The third kappa shape index (κ3) is 2.38. The van der Waals surface area contributed by atoms with Crippen molar-refractivity contribution in [2.24, 2.45) is 0 Å². The van der Waals surface area contributed by atoms with Gasteiger partial charge < -0.3 is 4.74 Å². The molecule has 0 heterocycles. The summed E-state index contributed by atoms with van der Waals surface area (Å²) in [4.78, 5) is 12.8. The molecule has 3 nitrogen and oxygen atoms in total. The normalized spacial score (nSPS) is 15.6. The third-order valence-electron chi connectivity index (χ3n) is 0.874. The van der Waals surface area contributed by atoms with E-state index in [1.807, 2.05) is 0 Å². The summed E-state index contributed by atoms with van der Waals surface area (Å²) >= 11 is 0. The lowest BCUT2D eigenvalue weighted by atomic mass is 10.3. The van der Waals surface area contributed by atoms with Crippen LogP contribution < -0.4 is 0 Å². The summed E-state index contributed by atoms with van der Waals surface area (Å²) in [5.41, 5.74) is 0. The number of carbonyl (C=O) groups excluding carboxylic acids is 1. The Morgan fingerprint density at radius 3 is 2.45 bits per heavy atom. The van der Waals surface area contributed by atoms with Gasteiger partial charge in [0.05, 0.1) is 6.61 Å². The van der Waals surface area contributed by atoms with Crippen LogP contribution in [0.1, 0.15) is 6.92 Å². The topological polar surface area (TPSA) is 35.5 Å². The smallest absolute Gasteiger partial charge is 0.378 e. The fourth-order valence-electron chi connectivity index (χ4n) is 0.346. The molecule has 0 N–H and O–H groups in total. The first kappa shape index (κ1) is 10.2. The maximum absolute atomic E-state index is 12.4. The van der Waals surface area contributed by atoms with Gasteiger partial charge in [0.1, 0.15) is 0 Å². The van der Waals surface area contributed by atoms with Crippen molar-refractivity contribution in [3.05, 3.63) is 0 Å². The Hall–Kier alpha value is -0.780. The molecule has 0 aliphatic carbocycles. The summed E-state index contributed by atoms with van der Waals surface area (Å²) < 4.78 is 39.1. The summed E-state index contributed by atoms with van der Waals surface area (Å²) in [6.07, 6.45) is 0. The van der Waals surface area contributed by atoms with Crippen LogP contribution in [0.15, 0.2) is 0 Å². The highest BCUT2D eigenvalue weighted by atomic mass is 19.3. The van der Waals surface area contributed by atoms with Crippen molar-refractivity contribution >= 4 is 5.97 Å². The number of hydrogen-bond donors (Lipinski definition) is 0. The molecule has 0 aromatic carbocycles. The maximum Gasteiger partial charge on any atom is 0.378 e. The maximum atomic E-state index is 12.4. The zero-order valence-electron chi connectivity index (χ0n) is 5.77. The molecule has 1 atom stereocenters. The SMILES string of the molecule is CCOC(=O)C(F)(CF)OF. The Morgan fingerprint density at radius 2 is 2.18 bits per heavy atom. The van der Waals surface area contributed by atoms with Crippen LogP contribution in [0.2, 0.25) is 0 Å². The highest BCUT2D eigenvalue weighted by Crippen LogP contribution is 2.16. The van der Waals surface area contributed by atoms with Gasteiger partial charge in [0.15, 0.2) is 6.67 Å². The number of rotatable bonds is 4. The van der Waals surface area contributed by atoms with Crippen LogP contribution in [0.25, 0.3) is 0 Å². The van der Waals surface area contributed by atoms with Gasteiger partial charge in [0.2, 0.25) is 0 Å². The van der Waals surface area contributed by atoms with E-state index in [1.165, 1.54) is 6.92 Å². The predicted molar refractivity (Wildman–Crippen MR) is 28.6 cm³/mol. The molecule has 6 heteroatoms. The molecular formula is C5H7F3O3. The zero-order valence-corrected chi connectivity index (χ0v) is 5.77. The summed E-state index contributed by atoms with van der Waals surface area (Å²) in [7, 11) is 0. The first-order chi connectivity index (χ1) is 5.10. The van der Waals surface area contributed by atoms with Crippen LogP contribution in [-0.2, 0) is 14.5 Å². The number of ether oxygens (including phenoxy) is 1. The Balaban J connectivity index is 4.12. The van der Waals surface area contributed by atoms with Crippen LogP contribution >= 0.6 is 0 Å². The largest absolute Gasteiger partial charge is 0.462 e. The second kappa shape index (κ2) is 4.17. The van der Waals surface area contributed by atoms with Gasteiger partial charge in [-0.05, 0) is 11.4 Å². The van der Waals surface area contributed by atoms with Crippen LogP contribution in [-0.4, -0.2) is 25.1 Å². The third-order valence-corrected chi connectivity index (χ3v) is 0.874. The molecule has 66 valence electrons. The Bertz CT molecular complexity index is 135. The van der Waals surface area contributed by atoms with E-state index < -0.39 is 18.5 Å².